The van der Waals surface area contributed by atoms with Gasteiger partial charge in [0.15, 0.2) is 0 Å². The Morgan fingerprint density at radius 3 is 3.06 bits per heavy atom. The van der Waals surface area contributed by atoms with E-state index in [1.165, 1.54) is 0 Å². The number of fused-ring (bicyclic) bond motifs is 1. The number of ether oxygens (including phenoxy) is 2. The van der Waals surface area contributed by atoms with Gasteiger partial charge in [0.25, 0.3) is 0 Å². The van der Waals surface area contributed by atoms with Crippen LogP contribution in [-0.2, 0) is 9.47 Å². The average molecular weight is 245 g/mol. The molecule has 4 heteroatoms. The Bertz CT molecular complexity index is 532. The summed E-state index contributed by atoms with van der Waals surface area (Å²) in [7, 11) is 0. The van der Waals surface area contributed by atoms with Gasteiger partial charge in [-0.1, -0.05) is 18.2 Å². The SMILES string of the molecule is OC(c1cccc2ccncc12)C1COCCO1. The van der Waals surface area contributed by atoms with E-state index in [4.69, 9.17) is 9.47 Å². The minimum Gasteiger partial charge on any atom is -0.386 e. The maximum Gasteiger partial charge on any atom is 0.111 e. The molecule has 2 unspecified atom stereocenters. The van der Waals surface area contributed by atoms with Crippen LogP contribution in [0.5, 0.6) is 0 Å². The van der Waals surface area contributed by atoms with E-state index >= 15 is 0 Å². The van der Waals surface area contributed by atoms with Gasteiger partial charge in [-0.2, -0.15) is 0 Å². The van der Waals surface area contributed by atoms with Gasteiger partial charge in [-0.15, -0.1) is 0 Å². The normalized spacial score (nSPS) is 21.9. The highest BCUT2D eigenvalue weighted by Gasteiger charge is 2.25. The molecule has 0 bridgehead atoms. The molecule has 1 aliphatic rings. The topological polar surface area (TPSA) is 51.6 Å². The van der Waals surface area contributed by atoms with E-state index in [2.05, 4.69) is 4.98 Å². The van der Waals surface area contributed by atoms with Crippen LogP contribution in [0.15, 0.2) is 36.7 Å². The summed E-state index contributed by atoms with van der Waals surface area (Å²) in [6.07, 6.45) is 2.54. The Morgan fingerprint density at radius 1 is 1.28 bits per heavy atom. The van der Waals surface area contributed by atoms with Crippen molar-refractivity contribution >= 4 is 10.8 Å². The van der Waals surface area contributed by atoms with Crippen LogP contribution in [0.1, 0.15) is 11.7 Å². The molecule has 0 aliphatic carbocycles. The standard InChI is InChI=1S/C14H15NO3/c16-14(13-9-17-6-7-18-13)11-3-1-2-10-4-5-15-8-12(10)11/h1-5,8,13-14,16H,6-7,9H2. The van der Waals surface area contributed by atoms with Crippen molar-refractivity contribution < 1.29 is 14.6 Å². The zero-order chi connectivity index (χ0) is 12.4. The molecule has 1 aliphatic heterocycles. The van der Waals surface area contributed by atoms with Crippen molar-refractivity contribution in [1.29, 1.82) is 0 Å². The molecule has 2 aromatic rings. The lowest BCUT2D eigenvalue weighted by atomic mass is 9.99. The van der Waals surface area contributed by atoms with Gasteiger partial charge in [0.05, 0.1) is 19.8 Å². The molecule has 0 saturated carbocycles. The number of pyridine rings is 1. The molecule has 1 aromatic carbocycles. The second-order valence-electron chi connectivity index (χ2n) is 4.37. The highest BCUT2D eigenvalue weighted by molar-refractivity contribution is 5.85. The lowest BCUT2D eigenvalue weighted by Crippen LogP contribution is -2.33. The van der Waals surface area contributed by atoms with Crippen molar-refractivity contribution in [2.24, 2.45) is 0 Å². The van der Waals surface area contributed by atoms with Crippen LogP contribution in [-0.4, -0.2) is 36.0 Å². The molecule has 1 saturated heterocycles. The van der Waals surface area contributed by atoms with Crippen molar-refractivity contribution in [3.63, 3.8) is 0 Å². The highest BCUT2D eigenvalue weighted by atomic mass is 16.6. The summed E-state index contributed by atoms with van der Waals surface area (Å²) in [5.41, 5.74) is 0.844. The minimum atomic E-state index is -0.682. The summed E-state index contributed by atoms with van der Waals surface area (Å²) in [4.78, 5) is 4.12. The van der Waals surface area contributed by atoms with Crippen molar-refractivity contribution in [2.45, 2.75) is 12.2 Å². The molecule has 3 rings (SSSR count). The number of nitrogens with zero attached hydrogens (tertiary/aromatic N) is 1. The van der Waals surface area contributed by atoms with Gasteiger partial charge in [-0.3, -0.25) is 4.98 Å². The summed E-state index contributed by atoms with van der Waals surface area (Å²) in [6.45, 7) is 1.56. The molecule has 2 atom stereocenters. The van der Waals surface area contributed by atoms with Crippen LogP contribution in [0.25, 0.3) is 10.8 Å². The monoisotopic (exact) mass is 245 g/mol. The average Bonchev–Trinajstić information content (AvgIpc) is 2.47. The third-order valence-corrected chi connectivity index (χ3v) is 3.23. The number of aliphatic hydroxyl groups is 1. The second kappa shape index (κ2) is 5.02. The highest BCUT2D eigenvalue weighted by Crippen LogP contribution is 2.27. The number of aromatic nitrogens is 1. The summed E-state index contributed by atoms with van der Waals surface area (Å²) in [5.74, 6) is 0. The summed E-state index contributed by atoms with van der Waals surface area (Å²) in [5, 5.41) is 12.4. The van der Waals surface area contributed by atoms with Gasteiger partial charge in [0, 0.05) is 17.8 Å². The zero-order valence-electron chi connectivity index (χ0n) is 9.95. The number of hydrogen-bond acceptors (Lipinski definition) is 4. The van der Waals surface area contributed by atoms with Crippen molar-refractivity contribution in [2.75, 3.05) is 19.8 Å². The molecular weight excluding hydrogens is 230 g/mol. The minimum absolute atomic E-state index is 0.301. The molecular formula is C14H15NO3. The Hall–Kier alpha value is -1.49. The quantitative estimate of drug-likeness (QED) is 0.874. The molecule has 0 spiro atoms. The lowest BCUT2D eigenvalue weighted by Gasteiger charge is -2.27. The summed E-state index contributed by atoms with van der Waals surface area (Å²) >= 11 is 0. The fourth-order valence-corrected chi connectivity index (χ4v) is 2.28. The number of aliphatic hydroxyl groups excluding tert-OH is 1. The van der Waals surface area contributed by atoms with E-state index < -0.39 is 6.10 Å². The van der Waals surface area contributed by atoms with Crippen molar-refractivity contribution in [3.05, 3.63) is 42.2 Å². The first kappa shape index (κ1) is 11.6. The van der Waals surface area contributed by atoms with Crippen LogP contribution in [0.4, 0.5) is 0 Å². The van der Waals surface area contributed by atoms with Gasteiger partial charge in [-0.05, 0) is 17.0 Å². The van der Waals surface area contributed by atoms with E-state index in [1.807, 2.05) is 24.3 Å². The number of benzene rings is 1. The van der Waals surface area contributed by atoms with Crippen LogP contribution < -0.4 is 0 Å². The molecule has 2 heterocycles. The fraction of sp³-hybridized carbons (Fsp3) is 0.357. The van der Waals surface area contributed by atoms with Gasteiger partial charge >= 0.3 is 0 Å². The van der Waals surface area contributed by atoms with Gasteiger partial charge in [0.2, 0.25) is 0 Å². The van der Waals surface area contributed by atoms with E-state index in [1.54, 1.807) is 12.4 Å². The molecule has 0 amide bonds. The first-order valence-corrected chi connectivity index (χ1v) is 6.06. The van der Waals surface area contributed by atoms with Crippen molar-refractivity contribution in [1.82, 2.24) is 4.98 Å². The smallest absolute Gasteiger partial charge is 0.111 e. The van der Waals surface area contributed by atoms with E-state index in [9.17, 15) is 5.11 Å². The first-order chi connectivity index (χ1) is 8.86. The van der Waals surface area contributed by atoms with Crippen molar-refractivity contribution in [3.8, 4) is 0 Å². The van der Waals surface area contributed by atoms with Crippen LogP contribution in [0.2, 0.25) is 0 Å². The second-order valence-corrected chi connectivity index (χ2v) is 4.37. The van der Waals surface area contributed by atoms with E-state index in [-0.39, 0.29) is 6.10 Å². The molecule has 0 radical (unpaired) electrons. The largest absolute Gasteiger partial charge is 0.386 e. The number of rotatable bonds is 2. The molecule has 1 N–H and O–H groups in total. The zero-order valence-corrected chi connectivity index (χ0v) is 9.95. The lowest BCUT2D eigenvalue weighted by molar-refractivity contribution is -0.133. The Balaban J connectivity index is 1.97. The Morgan fingerprint density at radius 2 is 2.22 bits per heavy atom. The number of hydrogen-bond donors (Lipinski definition) is 1. The van der Waals surface area contributed by atoms with Crippen LogP contribution >= 0.6 is 0 Å². The molecule has 18 heavy (non-hydrogen) atoms. The maximum atomic E-state index is 10.4. The Kier molecular flexibility index (Phi) is 3.23. The maximum absolute atomic E-state index is 10.4. The predicted molar refractivity (Wildman–Crippen MR) is 67.3 cm³/mol. The molecule has 4 nitrogen and oxygen atoms in total. The summed E-state index contributed by atoms with van der Waals surface area (Å²) in [6, 6.07) is 7.78. The fourth-order valence-electron chi connectivity index (χ4n) is 2.28. The van der Waals surface area contributed by atoms with E-state index in [0.29, 0.717) is 19.8 Å². The van der Waals surface area contributed by atoms with Crippen LogP contribution in [0, 0.1) is 0 Å². The Labute approximate surface area is 105 Å². The molecule has 94 valence electrons. The summed E-state index contributed by atoms with van der Waals surface area (Å²) < 4.78 is 10.9. The third kappa shape index (κ3) is 2.10. The molecule has 1 fully saturated rings. The van der Waals surface area contributed by atoms with Gasteiger partial charge < -0.3 is 14.6 Å². The van der Waals surface area contributed by atoms with Gasteiger partial charge in [-0.25, -0.2) is 0 Å². The first-order valence-electron chi connectivity index (χ1n) is 6.06. The third-order valence-electron chi connectivity index (χ3n) is 3.23. The van der Waals surface area contributed by atoms with E-state index in [0.717, 1.165) is 16.3 Å². The predicted octanol–water partition coefficient (Wildman–Crippen LogP) is 1.68. The van der Waals surface area contributed by atoms with Gasteiger partial charge in [0.1, 0.15) is 12.2 Å². The van der Waals surface area contributed by atoms with Crippen LogP contribution in [0.3, 0.4) is 0 Å². The molecule has 1 aromatic heterocycles.